The summed E-state index contributed by atoms with van der Waals surface area (Å²) in [5.74, 6) is 0.506. The highest BCUT2D eigenvalue weighted by Crippen LogP contribution is 2.48. The Balaban J connectivity index is 1.46. The number of aryl methyl sites for hydroxylation is 1. The third-order valence-electron chi connectivity index (χ3n) is 7.33. The van der Waals surface area contributed by atoms with E-state index in [1.54, 1.807) is 23.6 Å². The van der Waals surface area contributed by atoms with Crippen LogP contribution in [0.15, 0.2) is 35.7 Å². The molecule has 35 heavy (non-hydrogen) atoms. The van der Waals surface area contributed by atoms with Crippen LogP contribution in [0.3, 0.4) is 0 Å². The van der Waals surface area contributed by atoms with E-state index in [4.69, 9.17) is 9.72 Å². The Kier molecular flexibility index (Phi) is 5.93. The fourth-order valence-corrected chi connectivity index (χ4v) is 5.47. The summed E-state index contributed by atoms with van der Waals surface area (Å²) in [5, 5.41) is 0. The monoisotopic (exact) mass is 480 g/mol. The maximum absolute atomic E-state index is 14.8. The molecule has 7 nitrogen and oxygen atoms in total. The molecule has 1 aromatic heterocycles. The quantitative estimate of drug-likeness (QED) is 0.624. The zero-order valence-corrected chi connectivity index (χ0v) is 20.9. The van der Waals surface area contributed by atoms with Gasteiger partial charge in [0.05, 0.1) is 24.9 Å². The van der Waals surface area contributed by atoms with Crippen molar-refractivity contribution in [2.24, 2.45) is 0 Å². The van der Waals surface area contributed by atoms with Crippen molar-refractivity contribution in [1.82, 2.24) is 14.5 Å². The van der Waals surface area contributed by atoms with E-state index in [1.807, 2.05) is 42.7 Å². The van der Waals surface area contributed by atoms with Gasteiger partial charge in [0.15, 0.2) is 0 Å². The lowest BCUT2D eigenvalue weighted by Crippen LogP contribution is -2.65. The largest absolute Gasteiger partial charge is 0.447 e. The lowest BCUT2D eigenvalue weighted by Gasteiger charge is -2.46. The van der Waals surface area contributed by atoms with E-state index in [1.165, 1.54) is 0 Å². The molecular formula is C27H33FN4O3. The normalized spacial score (nSPS) is 17.9. The molecule has 5 rings (SSSR count). The number of benzene rings is 1. The number of halogens is 1. The van der Waals surface area contributed by atoms with Gasteiger partial charge in [0.25, 0.3) is 0 Å². The molecule has 2 aromatic rings. The number of fused-ring (bicyclic) bond motifs is 3. The summed E-state index contributed by atoms with van der Waals surface area (Å²) < 4.78 is 22.1. The number of nitrogens with zero attached hydrogens (tertiary/aromatic N) is 4. The zero-order chi connectivity index (χ0) is 24.9. The maximum Gasteiger partial charge on any atom is 0.410 e. The van der Waals surface area contributed by atoms with Crippen LogP contribution in [0.4, 0.5) is 14.9 Å². The fourth-order valence-electron chi connectivity index (χ4n) is 5.47. The average Bonchev–Trinajstić information content (AvgIpc) is 3.25. The number of rotatable bonds is 5. The van der Waals surface area contributed by atoms with Crippen LogP contribution in [0, 0.1) is 0 Å². The number of anilines is 1. The Morgan fingerprint density at radius 1 is 1.17 bits per heavy atom. The number of imidazole rings is 1. The van der Waals surface area contributed by atoms with E-state index < -0.39 is 11.5 Å². The van der Waals surface area contributed by atoms with Gasteiger partial charge in [-0.2, -0.15) is 0 Å². The van der Waals surface area contributed by atoms with Crippen molar-refractivity contribution in [3.63, 3.8) is 0 Å². The number of allylic oxidation sites excluding steroid dienone is 2. The summed E-state index contributed by atoms with van der Waals surface area (Å²) in [4.78, 5) is 34.5. The first-order valence-corrected chi connectivity index (χ1v) is 12.5. The highest BCUT2D eigenvalue weighted by molar-refractivity contribution is 6.09. The summed E-state index contributed by atoms with van der Waals surface area (Å²) >= 11 is 0. The predicted molar refractivity (Wildman–Crippen MR) is 131 cm³/mol. The van der Waals surface area contributed by atoms with Crippen LogP contribution in [0.1, 0.15) is 63.3 Å². The molecule has 0 saturated carbocycles. The smallest absolute Gasteiger partial charge is 0.410 e. The summed E-state index contributed by atoms with van der Waals surface area (Å²) in [6.07, 6.45) is 3.28. The van der Waals surface area contributed by atoms with Crippen LogP contribution in [-0.2, 0) is 40.9 Å². The lowest BCUT2D eigenvalue weighted by atomic mass is 9.75. The Labute approximate surface area is 205 Å². The molecule has 1 aliphatic carbocycles. The topological polar surface area (TPSA) is 67.7 Å². The molecular weight excluding hydrogens is 447 g/mol. The van der Waals surface area contributed by atoms with Crippen molar-refractivity contribution in [2.45, 2.75) is 78.0 Å². The Morgan fingerprint density at radius 3 is 2.60 bits per heavy atom. The van der Waals surface area contributed by atoms with Crippen LogP contribution < -0.4 is 4.90 Å². The first kappa shape index (κ1) is 23.6. The van der Waals surface area contributed by atoms with Crippen LogP contribution in [-0.4, -0.2) is 45.6 Å². The van der Waals surface area contributed by atoms with Gasteiger partial charge in [-0.1, -0.05) is 18.2 Å². The zero-order valence-electron chi connectivity index (χ0n) is 20.9. The number of hydrogen-bond donors (Lipinski definition) is 0. The Hall–Kier alpha value is -3.16. The van der Waals surface area contributed by atoms with Crippen molar-refractivity contribution in [1.29, 1.82) is 0 Å². The van der Waals surface area contributed by atoms with Crippen molar-refractivity contribution >= 4 is 17.7 Å². The number of carbonyl (C=O) groups excluding carboxylic acids is 2. The summed E-state index contributed by atoms with van der Waals surface area (Å²) in [5.41, 5.74) is 3.76. The summed E-state index contributed by atoms with van der Waals surface area (Å²) in [6, 6.07) is 7.76. The third kappa shape index (κ3) is 3.93. The Morgan fingerprint density at radius 2 is 1.89 bits per heavy atom. The van der Waals surface area contributed by atoms with Crippen molar-refractivity contribution in [3.8, 4) is 0 Å². The number of hydrogen-bond acceptors (Lipinski definition) is 4. The van der Waals surface area contributed by atoms with Crippen LogP contribution in [0.5, 0.6) is 0 Å². The molecule has 186 valence electrons. The first-order valence-electron chi connectivity index (χ1n) is 12.5. The molecule has 2 aliphatic heterocycles. The fraction of sp³-hybridized carbons (Fsp3) is 0.519. The summed E-state index contributed by atoms with van der Waals surface area (Å²) in [6.45, 7) is 8.17. The number of aromatic nitrogens is 2. The second-order valence-corrected chi connectivity index (χ2v) is 10.4. The van der Waals surface area contributed by atoms with E-state index in [-0.39, 0.29) is 30.9 Å². The molecule has 3 heterocycles. The highest BCUT2D eigenvalue weighted by Gasteiger charge is 2.59. The van der Waals surface area contributed by atoms with E-state index in [2.05, 4.69) is 0 Å². The van der Waals surface area contributed by atoms with Gasteiger partial charge < -0.3 is 19.1 Å². The van der Waals surface area contributed by atoms with Gasteiger partial charge in [0, 0.05) is 24.5 Å². The van der Waals surface area contributed by atoms with Gasteiger partial charge in [-0.25, -0.2) is 14.2 Å². The molecule has 0 radical (unpaired) electrons. The van der Waals surface area contributed by atoms with E-state index in [9.17, 15) is 14.0 Å². The molecule has 8 heteroatoms. The molecule has 1 fully saturated rings. The average molecular weight is 481 g/mol. The van der Waals surface area contributed by atoms with Gasteiger partial charge in [0.2, 0.25) is 5.91 Å². The molecule has 1 aromatic carbocycles. The third-order valence-corrected chi connectivity index (χ3v) is 7.33. The minimum absolute atomic E-state index is 0.0393. The van der Waals surface area contributed by atoms with Crippen molar-refractivity contribution in [2.75, 3.05) is 18.0 Å². The van der Waals surface area contributed by atoms with Gasteiger partial charge in [-0.3, -0.25) is 4.79 Å². The van der Waals surface area contributed by atoms with E-state index in [0.717, 1.165) is 48.3 Å². The molecule has 0 unspecified atom stereocenters. The Bertz CT molecular complexity index is 1210. The molecule has 0 N–H and O–H groups in total. The van der Waals surface area contributed by atoms with E-state index in [0.29, 0.717) is 24.5 Å². The van der Waals surface area contributed by atoms with E-state index >= 15 is 0 Å². The lowest BCUT2D eigenvalue weighted by molar-refractivity contribution is -0.128. The van der Waals surface area contributed by atoms with Crippen molar-refractivity contribution in [3.05, 3.63) is 58.4 Å². The number of para-hydroxylation sites is 1. The predicted octanol–water partition coefficient (Wildman–Crippen LogP) is 4.67. The number of carbonyl (C=O) groups is 2. The molecule has 1 spiro atoms. The molecule has 3 aliphatic rings. The number of ether oxygens (including phenoxy) is 1. The number of likely N-dealkylation sites (tertiary alicyclic amines) is 1. The van der Waals surface area contributed by atoms with Gasteiger partial charge in [-0.05, 0) is 70.6 Å². The second-order valence-electron chi connectivity index (χ2n) is 10.4. The molecule has 2 amide bonds. The molecule has 1 saturated heterocycles. The van der Waals surface area contributed by atoms with Gasteiger partial charge in [0.1, 0.15) is 17.1 Å². The van der Waals surface area contributed by atoms with Crippen molar-refractivity contribution < 1.29 is 18.7 Å². The van der Waals surface area contributed by atoms with Crippen LogP contribution in [0.25, 0.3) is 0 Å². The minimum Gasteiger partial charge on any atom is -0.447 e. The van der Waals surface area contributed by atoms with Crippen LogP contribution >= 0.6 is 0 Å². The SMILES string of the molecule is CC(C)=C(F)Cn1c(CN2C(=O)C3(CN(C(=O)OC(C)C)C3)c3ccccc32)nc2c1CCCC2. The molecule has 0 atom stereocenters. The second kappa shape index (κ2) is 8.81. The highest BCUT2D eigenvalue weighted by atomic mass is 19.1. The van der Waals surface area contributed by atoms with Gasteiger partial charge in [-0.15, -0.1) is 0 Å². The minimum atomic E-state index is -0.769. The van der Waals surface area contributed by atoms with Gasteiger partial charge >= 0.3 is 6.09 Å². The van der Waals surface area contributed by atoms with Crippen LogP contribution in [0.2, 0.25) is 0 Å². The number of amides is 2. The standard InChI is InChI=1S/C27H33FN4O3/c1-17(2)20(28)13-31-23-12-8-6-10-21(23)29-24(31)14-32-22-11-7-5-9-19(22)27(25(32)33)15-30(16-27)26(34)35-18(3)4/h5,7,9,11,18H,6,8,10,12-16H2,1-4H3. The summed E-state index contributed by atoms with van der Waals surface area (Å²) in [7, 11) is 0. The maximum atomic E-state index is 14.8. The first-order chi connectivity index (χ1) is 16.7. The molecule has 0 bridgehead atoms.